The molecule has 5 nitrogen and oxygen atoms in total. The molecule has 1 N–H and O–H groups in total. The Bertz CT molecular complexity index is 417. The van der Waals surface area contributed by atoms with E-state index in [0.29, 0.717) is 13.0 Å². The predicted octanol–water partition coefficient (Wildman–Crippen LogP) is 1.79. The molecule has 0 aliphatic carbocycles. The van der Waals surface area contributed by atoms with Crippen molar-refractivity contribution in [3.05, 3.63) is 15.9 Å². The van der Waals surface area contributed by atoms with Gasteiger partial charge in [-0.3, -0.25) is 14.4 Å². The van der Waals surface area contributed by atoms with Crippen LogP contribution in [0.1, 0.15) is 24.7 Å². The van der Waals surface area contributed by atoms with Gasteiger partial charge in [-0.2, -0.15) is 5.10 Å². The van der Waals surface area contributed by atoms with Gasteiger partial charge in [0.15, 0.2) is 0 Å². The number of hydrogen-bond acceptors (Lipinski definition) is 3. The van der Waals surface area contributed by atoms with Crippen LogP contribution in [0.25, 0.3) is 0 Å². The number of halogens is 1. The van der Waals surface area contributed by atoms with Crippen LogP contribution >= 0.6 is 15.9 Å². The number of hydrogen-bond donors (Lipinski definition) is 1. The largest absolute Gasteiger partial charge is 0.480 e. The van der Waals surface area contributed by atoms with E-state index in [1.165, 1.54) is 0 Å². The van der Waals surface area contributed by atoms with Gasteiger partial charge in [0.25, 0.3) is 0 Å². The molecule has 0 amide bonds. The van der Waals surface area contributed by atoms with Crippen molar-refractivity contribution in [3.63, 3.8) is 0 Å². The molecule has 0 saturated carbocycles. The highest BCUT2D eigenvalue weighted by Crippen LogP contribution is 2.22. The molecule has 0 aromatic carbocycles. The fourth-order valence-electron chi connectivity index (χ4n) is 1.87. The molecule has 1 atom stereocenters. The number of carboxylic acid groups (broad SMARTS) is 1. The number of carboxylic acids is 1. The van der Waals surface area contributed by atoms with Crippen LogP contribution in [0, 0.1) is 6.92 Å². The van der Waals surface area contributed by atoms with E-state index in [1.807, 2.05) is 32.8 Å². The maximum absolute atomic E-state index is 11.1. The first-order valence-electron chi connectivity index (χ1n) is 5.49. The average molecular weight is 304 g/mol. The number of likely N-dealkylation sites (N-methyl/N-ethyl adjacent to an activating group) is 1. The molecule has 0 fully saturated rings. The summed E-state index contributed by atoms with van der Waals surface area (Å²) in [6, 6.07) is -0.461. The number of aryl methyl sites for hydroxylation is 2. The second kappa shape index (κ2) is 5.64. The minimum absolute atomic E-state index is 0.461. The van der Waals surface area contributed by atoms with E-state index in [-0.39, 0.29) is 0 Å². The Hall–Kier alpha value is -0.880. The predicted molar refractivity (Wildman–Crippen MR) is 68.8 cm³/mol. The summed E-state index contributed by atoms with van der Waals surface area (Å²) >= 11 is 3.48. The second-order valence-electron chi connectivity index (χ2n) is 4.15. The lowest BCUT2D eigenvalue weighted by Crippen LogP contribution is -2.37. The summed E-state index contributed by atoms with van der Waals surface area (Å²) in [5, 5.41) is 13.4. The van der Waals surface area contributed by atoms with E-state index in [4.69, 9.17) is 5.11 Å². The van der Waals surface area contributed by atoms with Crippen LogP contribution in [0.3, 0.4) is 0 Å². The minimum atomic E-state index is -0.787. The average Bonchev–Trinajstić information content (AvgIpc) is 2.45. The Morgan fingerprint density at radius 1 is 1.65 bits per heavy atom. The molecule has 0 radical (unpaired) electrons. The van der Waals surface area contributed by atoms with Crippen molar-refractivity contribution in [3.8, 4) is 0 Å². The van der Waals surface area contributed by atoms with E-state index in [1.54, 1.807) is 4.68 Å². The molecule has 96 valence electrons. The van der Waals surface area contributed by atoms with Gasteiger partial charge in [0.2, 0.25) is 0 Å². The standard InChI is InChI=1S/C11H18BrN3O2/c1-5-8(11(16)17)14(3)6-9-10(12)7(2)13-15(9)4/h8H,5-6H2,1-4H3,(H,16,17). The monoisotopic (exact) mass is 303 g/mol. The summed E-state index contributed by atoms with van der Waals surface area (Å²) in [7, 11) is 3.68. The number of aromatic nitrogens is 2. The maximum atomic E-state index is 11.1. The molecule has 17 heavy (non-hydrogen) atoms. The maximum Gasteiger partial charge on any atom is 0.320 e. The third kappa shape index (κ3) is 3.07. The molecule has 1 aromatic rings. The van der Waals surface area contributed by atoms with Crippen LogP contribution in [0.5, 0.6) is 0 Å². The van der Waals surface area contributed by atoms with Gasteiger partial charge in [-0.1, -0.05) is 6.92 Å². The quantitative estimate of drug-likeness (QED) is 0.901. The van der Waals surface area contributed by atoms with Crippen LogP contribution in [0.15, 0.2) is 4.47 Å². The normalized spacial score (nSPS) is 13.1. The Labute approximate surface area is 110 Å². The second-order valence-corrected chi connectivity index (χ2v) is 4.94. The molecule has 0 aliphatic rings. The summed E-state index contributed by atoms with van der Waals surface area (Å²) in [4.78, 5) is 12.9. The fourth-order valence-corrected chi connectivity index (χ4v) is 2.33. The lowest BCUT2D eigenvalue weighted by molar-refractivity contribution is -0.143. The number of nitrogens with zero attached hydrogens (tertiary/aromatic N) is 3. The van der Waals surface area contributed by atoms with Crippen LogP contribution in [-0.4, -0.2) is 38.8 Å². The summed E-state index contributed by atoms with van der Waals surface area (Å²) in [6.07, 6.45) is 0.584. The Balaban J connectivity index is 2.87. The smallest absolute Gasteiger partial charge is 0.320 e. The third-order valence-electron chi connectivity index (χ3n) is 2.86. The van der Waals surface area contributed by atoms with Gasteiger partial charge >= 0.3 is 5.97 Å². The first kappa shape index (κ1) is 14.2. The van der Waals surface area contributed by atoms with E-state index in [2.05, 4.69) is 21.0 Å². The molecule has 0 aliphatic heterocycles. The van der Waals surface area contributed by atoms with Crippen molar-refractivity contribution < 1.29 is 9.90 Å². The van der Waals surface area contributed by atoms with Gasteiger partial charge in [0.1, 0.15) is 6.04 Å². The first-order valence-corrected chi connectivity index (χ1v) is 6.28. The molecule has 0 saturated heterocycles. The van der Waals surface area contributed by atoms with Crippen molar-refractivity contribution >= 4 is 21.9 Å². The summed E-state index contributed by atoms with van der Waals surface area (Å²) in [5.74, 6) is -0.787. The summed E-state index contributed by atoms with van der Waals surface area (Å²) in [6.45, 7) is 4.35. The van der Waals surface area contributed by atoms with Crippen molar-refractivity contribution in [1.29, 1.82) is 0 Å². The van der Waals surface area contributed by atoms with Crippen molar-refractivity contribution in [2.45, 2.75) is 32.9 Å². The van der Waals surface area contributed by atoms with Crippen LogP contribution in [0.4, 0.5) is 0 Å². The topological polar surface area (TPSA) is 58.4 Å². The molecule has 1 aromatic heterocycles. The molecular formula is C11H18BrN3O2. The Morgan fingerprint density at radius 3 is 2.59 bits per heavy atom. The van der Waals surface area contributed by atoms with Gasteiger partial charge < -0.3 is 5.11 Å². The highest BCUT2D eigenvalue weighted by atomic mass is 79.9. The van der Waals surface area contributed by atoms with Crippen molar-refractivity contribution in [2.24, 2.45) is 7.05 Å². The van der Waals surface area contributed by atoms with E-state index in [0.717, 1.165) is 15.9 Å². The number of aliphatic carboxylic acids is 1. The molecule has 0 spiro atoms. The van der Waals surface area contributed by atoms with Crippen molar-refractivity contribution in [2.75, 3.05) is 7.05 Å². The molecule has 1 unspecified atom stereocenters. The zero-order valence-corrected chi connectivity index (χ0v) is 12.2. The van der Waals surface area contributed by atoms with E-state index in [9.17, 15) is 4.79 Å². The lowest BCUT2D eigenvalue weighted by atomic mass is 10.2. The molecule has 1 heterocycles. The molecule has 0 bridgehead atoms. The zero-order valence-electron chi connectivity index (χ0n) is 10.6. The zero-order chi connectivity index (χ0) is 13.2. The molecule has 6 heteroatoms. The van der Waals surface area contributed by atoms with E-state index >= 15 is 0 Å². The SMILES string of the molecule is CCC(C(=O)O)N(C)Cc1c(Br)c(C)nn1C. The van der Waals surface area contributed by atoms with Crippen LogP contribution in [-0.2, 0) is 18.4 Å². The number of rotatable bonds is 5. The Morgan fingerprint density at radius 2 is 2.24 bits per heavy atom. The molecule has 1 rings (SSSR count). The third-order valence-corrected chi connectivity index (χ3v) is 3.90. The van der Waals surface area contributed by atoms with Crippen LogP contribution < -0.4 is 0 Å². The van der Waals surface area contributed by atoms with Gasteiger partial charge in [0.05, 0.1) is 15.9 Å². The number of carbonyl (C=O) groups is 1. The summed E-state index contributed by atoms with van der Waals surface area (Å²) in [5.41, 5.74) is 1.91. The Kier molecular flexibility index (Phi) is 4.70. The van der Waals surface area contributed by atoms with Crippen LogP contribution in [0.2, 0.25) is 0 Å². The van der Waals surface area contributed by atoms with Gasteiger partial charge in [-0.15, -0.1) is 0 Å². The van der Waals surface area contributed by atoms with Gasteiger partial charge in [-0.05, 0) is 36.3 Å². The fraction of sp³-hybridized carbons (Fsp3) is 0.636. The lowest BCUT2D eigenvalue weighted by Gasteiger charge is -2.23. The van der Waals surface area contributed by atoms with Gasteiger partial charge in [0, 0.05) is 13.6 Å². The van der Waals surface area contributed by atoms with E-state index < -0.39 is 12.0 Å². The highest BCUT2D eigenvalue weighted by Gasteiger charge is 2.22. The highest BCUT2D eigenvalue weighted by molar-refractivity contribution is 9.10. The van der Waals surface area contributed by atoms with Crippen molar-refractivity contribution in [1.82, 2.24) is 14.7 Å². The minimum Gasteiger partial charge on any atom is -0.480 e. The first-order chi connectivity index (χ1) is 7.88. The van der Waals surface area contributed by atoms with Gasteiger partial charge in [-0.25, -0.2) is 0 Å². The molecular weight excluding hydrogens is 286 g/mol. The summed E-state index contributed by atoms with van der Waals surface area (Å²) < 4.78 is 2.73.